The van der Waals surface area contributed by atoms with Gasteiger partial charge in [-0.05, 0) is 6.92 Å². The van der Waals surface area contributed by atoms with Gasteiger partial charge in [0, 0.05) is 0 Å². The molecular weight excluding hydrogens is 244 g/mol. The summed E-state index contributed by atoms with van der Waals surface area (Å²) in [5, 5.41) is 19.4. The normalized spacial score (nSPS) is 9.41. The number of amides is 2. The fourth-order valence-electron chi connectivity index (χ4n) is 0.991. The van der Waals surface area contributed by atoms with Crippen LogP contribution in [0.1, 0.15) is 5.01 Å². The largest absolute Gasteiger partial charge is 0.480 e. The molecule has 0 radical (unpaired) electrons. The van der Waals surface area contributed by atoms with Crippen molar-refractivity contribution in [2.75, 3.05) is 18.4 Å². The molecule has 0 fully saturated rings. The molecule has 0 saturated heterocycles. The summed E-state index contributed by atoms with van der Waals surface area (Å²) >= 11 is 1.19. The zero-order valence-electron chi connectivity index (χ0n) is 9.01. The molecule has 2 amide bonds. The molecule has 0 atom stereocenters. The zero-order chi connectivity index (χ0) is 12.8. The summed E-state index contributed by atoms with van der Waals surface area (Å²) in [6.07, 6.45) is 5.05. The van der Waals surface area contributed by atoms with Crippen LogP contribution < -0.4 is 5.32 Å². The fourth-order valence-corrected chi connectivity index (χ4v) is 1.57. The molecule has 0 unspecified atom stereocenters. The average Bonchev–Trinajstić information content (AvgIpc) is 2.62. The highest BCUT2D eigenvalue weighted by Crippen LogP contribution is 2.14. The monoisotopic (exact) mass is 254 g/mol. The summed E-state index contributed by atoms with van der Waals surface area (Å²) < 4.78 is 0. The Labute approximate surface area is 101 Å². The van der Waals surface area contributed by atoms with Crippen LogP contribution in [0.5, 0.6) is 0 Å². The quantitative estimate of drug-likeness (QED) is 0.758. The van der Waals surface area contributed by atoms with Gasteiger partial charge in [0.2, 0.25) is 5.13 Å². The Balaban J connectivity index is 2.65. The molecule has 0 aliphatic rings. The average molecular weight is 254 g/mol. The molecule has 1 heterocycles. The molecular formula is C9H10N4O3S. The SMILES string of the molecule is C#CCN(CC(=O)O)C(=O)Nc1nnc(C)s1. The van der Waals surface area contributed by atoms with Crippen molar-refractivity contribution in [3.8, 4) is 12.3 Å². The lowest BCUT2D eigenvalue weighted by Gasteiger charge is -2.17. The van der Waals surface area contributed by atoms with Gasteiger partial charge >= 0.3 is 12.0 Å². The number of carboxylic acids is 1. The van der Waals surface area contributed by atoms with Crippen molar-refractivity contribution in [2.45, 2.75) is 6.92 Å². The predicted molar refractivity (Wildman–Crippen MR) is 61.7 cm³/mol. The van der Waals surface area contributed by atoms with E-state index in [4.69, 9.17) is 11.5 Å². The molecule has 1 aromatic rings. The molecule has 1 rings (SSSR count). The van der Waals surface area contributed by atoms with Crippen LogP contribution in [0.15, 0.2) is 0 Å². The van der Waals surface area contributed by atoms with E-state index in [1.807, 2.05) is 0 Å². The molecule has 17 heavy (non-hydrogen) atoms. The number of nitrogens with one attached hydrogen (secondary N) is 1. The number of anilines is 1. The number of carbonyl (C=O) groups excluding carboxylic acids is 1. The highest BCUT2D eigenvalue weighted by Gasteiger charge is 2.17. The highest BCUT2D eigenvalue weighted by molar-refractivity contribution is 7.15. The van der Waals surface area contributed by atoms with Gasteiger partial charge in [0.15, 0.2) is 0 Å². The maximum absolute atomic E-state index is 11.6. The number of aromatic nitrogens is 2. The van der Waals surface area contributed by atoms with Crippen molar-refractivity contribution >= 4 is 28.5 Å². The van der Waals surface area contributed by atoms with Gasteiger partial charge in [-0.3, -0.25) is 10.1 Å². The number of rotatable bonds is 4. The lowest BCUT2D eigenvalue weighted by atomic mass is 10.5. The van der Waals surface area contributed by atoms with E-state index in [0.717, 1.165) is 4.90 Å². The Morgan fingerprint density at radius 2 is 2.29 bits per heavy atom. The molecule has 8 heteroatoms. The molecule has 0 saturated carbocycles. The van der Waals surface area contributed by atoms with Crippen LogP contribution in [-0.2, 0) is 4.79 Å². The van der Waals surface area contributed by atoms with E-state index in [1.165, 1.54) is 11.3 Å². The molecule has 0 aliphatic carbocycles. The first-order valence-corrected chi connectivity index (χ1v) is 5.36. The lowest BCUT2D eigenvalue weighted by molar-refractivity contribution is -0.137. The Morgan fingerprint density at radius 3 is 2.76 bits per heavy atom. The Kier molecular flexibility index (Phi) is 4.42. The van der Waals surface area contributed by atoms with Gasteiger partial charge in [0.1, 0.15) is 11.6 Å². The third-order valence-corrected chi connectivity index (χ3v) is 2.39. The topological polar surface area (TPSA) is 95.4 Å². The summed E-state index contributed by atoms with van der Waals surface area (Å²) in [4.78, 5) is 23.2. The van der Waals surface area contributed by atoms with Crippen LogP contribution in [-0.4, -0.2) is 45.3 Å². The molecule has 1 aromatic heterocycles. The maximum atomic E-state index is 11.6. The first-order valence-electron chi connectivity index (χ1n) is 4.54. The van der Waals surface area contributed by atoms with Gasteiger partial charge in [0.25, 0.3) is 0 Å². The van der Waals surface area contributed by atoms with E-state index in [2.05, 4.69) is 21.4 Å². The zero-order valence-corrected chi connectivity index (χ0v) is 9.82. The minimum atomic E-state index is -1.14. The van der Waals surface area contributed by atoms with Crippen LogP contribution in [0.4, 0.5) is 9.93 Å². The van der Waals surface area contributed by atoms with E-state index in [9.17, 15) is 9.59 Å². The number of terminal acetylenes is 1. The van der Waals surface area contributed by atoms with Gasteiger partial charge in [-0.1, -0.05) is 17.3 Å². The van der Waals surface area contributed by atoms with Crippen molar-refractivity contribution < 1.29 is 14.7 Å². The summed E-state index contributed by atoms with van der Waals surface area (Å²) in [5.74, 6) is 1.08. The third-order valence-electron chi connectivity index (χ3n) is 1.64. The summed E-state index contributed by atoms with van der Waals surface area (Å²) in [5.41, 5.74) is 0. The van der Waals surface area contributed by atoms with Crippen LogP contribution in [0, 0.1) is 19.3 Å². The van der Waals surface area contributed by atoms with Crippen LogP contribution in [0.25, 0.3) is 0 Å². The first-order chi connectivity index (χ1) is 8.02. The van der Waals surface area contributed by atoms with Crippen LogP contribution in [0.3, 0.4) is 0 Å². The number of hydrogen-bond donors (Lipinski definition) is 2. The standard InChI is InChI=1S/C9H10N4O3S/c1-3-4-13(5-7(14)15)9(16)10-8-12-11-6(2)17-8/h1H,4-5H2,2H3,(H,14,15)(H,10,12,16). The van der Waals surface area contributed by atoms with E-state index in [-0.39, 0.29) is 6.54 Å². The Hall–Kier alpha value is -2.14. The number of aliphatic carboxylic acids is 1. The van der Waals surface area contributed by atoms with Crippen molar-refractivity contribution in [1.29, 1.82) is 0 Å². The summed E-state index contributed by atoms with van der Waals surface area (Å²) in [6.45, 7) is 1.19. The fraction of sp³-hybridized carbons (Fsp3) is 0.333. The molecule has 90 valence electrons. The highest BCUT2D eigenvalue weighted by atomic mass is 32.1. The van der Waals surface area contributed by atoms with Crippen LogP contribution >= 0.6 is 11.3 Å². The summed E-state index contributed by atoms with van der Waals surface area (Å²) in [6, 6.07) is -0.610. The second-order valence-corrected chi connectivity index (χ2v) is 4.19. The van der Waals surface area contributed by atoms with Gasteiger partial charge in [-0.15, -0.1) is 16.6 Å². The Morgan fingerprint density at radius 1 is 1.59 bits per heavy atom. The smallest absolute Gasteiger partial charge is 0.325 e. The van der Waals surface area contributed by atoms with Gasteiger partial charge in [0.05, 0.1) is 6.54 Å². The minimum absolute atomic E-state index is 0.0874. The van der Waals surface area contributed by atoms with Crippen molar-refractivity contribution in [1.82, 2.24) is 15.1 Å². The lowest BCUT2D eigenvalue weighted by Crippen LogP contribution is -2.39. The molecule has 0 bridgehead atoms. The third kappa shape index (κ3) is 4.08. The van der Waals surface area contributed by atoms with E-state index < -0.39 is 18.5 Å². The van der Waals surface area contributed by atoms with Gasteiger partial charge in [-0.2, -0.15) is 0 Å². The Bertz CT molecular complexity index is 465. The van der Waals surface area contributed by atoms with E-state index in [0.29, 0.717) is 10.1 Å². The molecule has 0 aliphatic heterocycles. The maximum Gasteiger partial charge on any atom is 0.325 e. The second-order valence-electron chi connectivity index (χ2n) is 3.01. The predicted octanol–water partition coefficient (Wildman–Crippen LogP) is 0.398. The molecule has 2 N–H and O–H groups in total. The molecule has 7 nitrogen and oxygen atoms in total. The van der Waals surface area contributed by atoms with Crippen molar-refractivity contribution in [3.05, 3.63) is 5.01 Å². The van der Waals surface area contributed by atoms with E-state index >= 15 is 0 Å². The second kappa shape index (κ2) is 5.81. The molecule has 0 spiro atoms. The number of carboxylic acid groups (broad SMARTS) is 1. The van der Waals surface area contributed by atoms with Crippen molar-refractivity contribution in [3.63, 3.8) is 0 Å². The van der Waals surface area contributed by atoms with Gasteiger partial charge in [-0.25, -0.2) is 4.79 Å². The number of carbonyl (C=O) groups is 2. The van der Waals surface area contributed by atoms with Crippen molar-refractivity contribution in [2.24, 2.45) is 0 Å². The number of hydrogen-bond acceptors (Lipinski definition) is 5. The molecule has 0 aromatic carbocycles. The minimum Gasteiger partial charge on any atom is -0.480 e. The van der Waals surface area contributed by atoms with Crippen LogP contribution in [0.2, 0.25) is 0 Å². The number of aryl methyl sites for hydroxylation is 1. The van der Waals surface area contributed by atoms with Gasteiger partial charge < -0.3 is 10.0 Å². The number of urea groups is 1. The van der Waals surface area contributed by atoms with E-state index in [1.54, 1.807) is 6.92 Å². The summed E-state index contributed by atoms with van der Waals surface area (Å²) in [7, 11) is 0. The first kappa shape index (κ1) is 12.9. The number of nitrogens with zero attached hydrogens (tertiary/aromatic N) is 3.